The van der Waals surface area contributed by atoms with Gasteiger partial charge in [0.15, 0.2) is 5.96 Å². The molecule has 0 aromatic heterocycles. The number of ether oxygens (including phenoxy) is 1. The van der Waals surface area contributed by atoms with Gasteiger partial charge in [0, 0.05) is 33.4 Å². The van der Waals surface area contributed by atoms with Gasteiger partial charge in [-0.1, -0.05) is 12.1 Å². The van der Waals surface area contributed by atoms with Gasteiger partial charge in [-0.3, -0.25) is 4.99 Å². The third kappa shape index (κ3) is 11.3. The standard InChI is InChI=1S/C17H28FN3O.HI/c1-3-22-13-5-4-11-20-17(19-2)21-12-7-9-15-8-6-10-16(18)14-15;/h6,8,10,14H,3-5,7,9,11-13H2,1-2H3,(H2,19,20,21);1H. The molecule has 0 saturated heterocycles. The number of hydrogen-bond acceptors (Lipinski definition) is 2. The quantitative estimate of drug-likeness (QED) is 0.256. The summed E-state index contributed by atoms with van der Waals surface area (Å²) in [4.78, 5) is 4.18. The first kappa shape index (κ1) is 22.1. The fourth-order valence-electron chi connectivity index (χ4n) is 2.09. The first-order valence-electron chi connectivity index (χ1n) is 8.03. The summed E-state index contributed by atoms with van der Waals surface area (Å²) in [6, 6.07) is 6.76. The molecule has 132 valence electrons. The number of benzene rings is 1. The molecular weight excluding hydrogens is 408 g/mol. The van der Waals surface area contributed by atoms with Crippen molar-refractivity contribution >= 4 is 29.9 Å². The van der Waals surface area contributed by atoms with Crippen LogP contribution in [0.2, 0.25) is 0 Å². The smallest absolute Gasteiger partial charge is 0.190 e. The predicted octanol–water partition coefficient (Wildman–Crippen LogP) is 3.36. The van der Waals surface area contributed by atoms with E-state index < -0.39 is 0 Å². The van der Waals surface area contributed by atoms with Crippen LogP contribution in [-0.2, 0) is 11.2 Å². The summed E-state index contributed by atoms with van der Waals surface area (Å²) in [5, 5.41) is 6.55. The molecule has 0 aliphatic rings. The first-order valence-corrected chi connectivity index (χ1v) is 8.03. The maximum Gasteiger partial charge on any atom is 0.190 e. The molecule has 2 N–H and O–H groups in total. The molecule has 0 aliphatic carbocycles. The Bertz CT molecular complexity index is 444. The highest BCUT2D eigenvalue weighted by Crippen LogP contribution is 2.05. The van der Waals surface area contributed by atoms with Crippen LogP contribution in [-0.4, -0.2) is 39.3 Å². The lowest BCUT2D eigenvalue weighted by molar-refractivity contribution is 0.143. The Kier molecular flexibility index (Phi) is 14.1. The van der Waals surface area contributed by atoms with Crippen LogP contribution in [0.5, 0.6) is 0 Å². The number of unbranched alkanes of at least 4 members (excludes halogenated alkanes) is 1. The zero-order valence-electron chi connectivity index (χ0n) is 14.1. The molecule has 1 aromatic carbocycles. The summed E-state index contributed by atoms with van der Waals surface area (Å²) >= 11 is 0. The van der Waals surface area contributed by atoms with E-state index in [0.29, 0.717) is 0 Å². The van der Waals surface area contributed by atoms with Gasteiger partial charge < -0.3 is 15.4 Å². The van der Waals surface area contributed by atoms with Gasteiger partial charge in [-0.15, -0.1) is 24.0 Å². The van der Waals surface area contributed by atoms with Crippen LogP contribution in [0.4, 0.5) is 4.39 Å². The van der Waals surface area contributed by atoms with Gasteiger partial charge in [0.25, 0.3) is 0 Å². The second kappa shape index (κ2) is 14.7. The van der Waals surface area contributed by atoms with E-state index in [1.54, 1.807) is 19.2 Å². The predicted molar refractivity (Wildman–Crippen MR) is 105 cm³/mol. The van der Waals surface area contributed by atoms with Crippen LogP contribution in [0, 0.1) is 5.82 Å². The molecule has 4 nitrogen and oxygen atoms in total. The van der Waals surface area contributed by atoms with Crippen LogP contribution < -0.4 is 10.6 Å². The fourth-order valence-corrected chi connectivity index (χ4v) is 2.09. The number of aliphatic imine (C=N–C) groups is 1. The molecule has 6 heteroatoms. The van der Waals surface area contributed by atoms with E-state index in [9.17, 15) is 4.39 Å². The molecule has 1 aromatic rings. The van der Waals surface area contributed by atoms with Crippen LogP contribution in [0.1, 0.15) is 31.7 Å². The van der Waals surface area contributed by atoms with Crippen LogP contribution >= 0.6 is 24.0 Å². The maximum absolute atomic E-state index is 13.1. The van der Waals surface area contributed by atoms with E-state index in [4.69, 9.17) is 4.74 Å². The van der Waals surface area contributed by atoms with Gasteiger partial charge in [-0.2, -0.15) is 0 Å². The van der Waals surface area contributed by atoms with Crippen molar-refractivity contribution in [3.05, 3.63) is 35.6 Å². The number of hydrogen-bond donors (Lipinski definition) is 2. The van der Waals surface area contributed by atoms with Crippen molar-refractivity contribution in [2.45, 2.75) is 32.6 Å². The summed E-state index contributed by atoms with van der Waals surface area (Å²) < 4.78 is 18.4. The summed E-state index contributed by atoms with van der Waals surface area (Å²) in [5.74, 6) is 0.644. The van der Waals surface area contributed by atoms with E-state index in [2.05, 4.69) is 15.6 Å². The SMILES string of the molecule is CCOCCCCNC(=NC)NCCCc1cccc(F)c1.I. The second-order valence-corrected chi connectivity index (χ2v) is 5.06. The molecule has 0 fully saturated rings. The van der Waals surface area contributed by atoms with Crippen LogP contribution in [0.15, 0.2) is 29.3 Å². The largest absolute Gasteiger partial charge is 0.382 e. The Hall–Kier alpha value is -0.890. The van der Waals surface area contributed by atoms with Gasteiger partial charge in [0.2, 0.25) is 0 Å². The molecular formula is C17H29FIN3O. The zero-order valence-corrected chi connectivity index (χ0v) is 16.4. The fraction of sp³-hybridized carbons (Fsp3) is 0.588. The highest BCUT2D eigenvalue weighted by Gasteiger charge is 1.98. The van der Waals surface area contributed by atoms with Crippen molar-refractivity contribution in [2.24, 2.45) is 4.99 Å². The summed E-state index contributed by atoms with van der Waals surface area (Å²) in [6.07, 6.45) is 3.91. The van der Waals surface area contributed by atoms with E-state index >= 15 is 0 Å². The van der Waals surface area contributed by atoms with E-state index in [1.165, 1.54) is 6.07 Å². The number of guanidine groups is 1. The van der Waals surface area contributed by atoms with Gasteiger partial charge in [0.1, 0.15) is 5.82 Å². The van der Waals surface area contributed by atoms with Crippen molar-refractivity contribution in [1.29, 1.82) is 0 Å². The molecule has 0 aliphatic heterocycles. The van der Waals surface area contributed by atoms with Crippen molar-refractivity contribution < 1.29 is 9.13 Å². The van der Waals surface area contributed by atoms with Crippen molar-refractivity contribution in [3.63, 3.8) is 0 Å². The van der Waals surface area contributed by atoms with Crippen LogP contribution in [0.3, 0.4) is 0 Å². The molecule has 0 unspecified atom stereocenters. The minimum Gasteiger partial charge on any atom is -0.382 e. The Morgan fingerprint density at radius 2 is 1.91 bits per heavy atom. The average molecular weight is 437 g/mol. The molecule has 0 spiro atoms. The monoisotopic (exact) mass is 437 g/mol. The number of halogens is 2. The lowest BCUT2D eigenvalue weighted by Gasteiger charge is -2.11. The minimum absolute atomic E-state index is 0. The number of nitrogens with zero attached hydrogens (tertiary/aromatic N) is 1. The Labute approximate surface area is 156 Å². The molecule has 0 bridgehead atoms. The third-order valence-corrected chi connectivity index (χ3v) is 3.26. The lowest BCUT2D eigenvalue weighted by Crippen LogP contribution is -2.38. The average Bonchev–Trinajstić information content (AvgIpc) is 2.52. The number of aryl methyl sites for hydroxylation is 1. The normalized spacial score (nSPS) is 11.0. The third-order valence-electron chi connectivity index (χ3n) is 3.26. The topological polar surface area (TPSA) is 45.6 Å². The first-order chi connectivity index (χ1) is 10.8. The molecule has 0 heterocycles. The van der Waals surface area contributed by atoms with Crippen molar-refractivity contribution in [1.82, 2.24) is 10.6 Å². The molecule has 1 rings (SSSR count). The number of rotatable bonds is 10. The molecule has 0 amide bonds. The summed E-state index contributed by atoms with van der Waals surface area (Å²) in [7, 11) is 1.77. The van der Waals surface area contributed by atoms with Gasteiger partial charge in [0.05, 0.1) is 0 Å². The van der Waals surface area contributed by atoms with Gasteiger partial charge in [-0.05, 0) is 50.3 Å². The number of nitrogens with one attached hydrogen (secondary N) is 2. The van der Waals surface area contributed by atoms with Gasteiger partial charge in [-0.25, -0.2) is 4.39 Å². The van der Waals surface area contributed by atoms with Crippen molar-refractivity contribution in [2.75, 3.05) is 33.4 Å². The zero-order chi connectivity index (χ0) is 16.0. The summed E-state index contributed by atoms with van der Waals surface area (Å²) in [5.41, 5.74) is 1.03. The van der Waals surface area contributed by atoms with E-state index in [1.807, 2.05) is 13.0 Å². The van der Waals surface area contributed by atoms with E-state index in [0.717, 1.165) is 63.5 Å². The summed E-state index contributed by atoms with van der Waals surface area (Å²) in [6.45, 7) is 5.30. The Morgan fingerprint density at radius 3 is 2.57 bits per heavy atom. The molecule has 23 heavy (non-hydrogen) atoms. The highest BCUT2D eigenvalue weighted by atomic mass is 127. The van der Waals surface area contributed by atoms with Crippen LogP contribution in [0.25, 0.3) is 0 Å². The lowest BCUT2D eigenvalue weighted by atomic mass is 10.1. The molecule has 0 radical (unpaired) electrons. The Morgan fingerprint density at radius 1 is 1.17 bits per heavy atom. The highest BCUT2D eigenvalue weighted by molar-refractivity contribution is 14.0. The molecule has 0 saturated carbocycles. The van der Waals surface area contributed by atoms with Gasteiger partial charge >= 0.3 is 0 Å². The Balaban J connectivity index is 0.00000484. The second-order valence-electron chi connectivity index (χ2n) is 5.06. The molecule has 0 atom stereocenters. The van der Waals surface area contributed by atoms with Crippen molar-refractivity contribution in [3.8, 4) is 0 Å². The minimum atomic E-state index is -0.171. The van der Waals surface area contributed by atoms with E-state index in [-0.39, 0.29) is 29.8 Å². The maximum atomic E-state index is 13.1.